The van der Waals surface area contributed by atoms with Gasteiger partial charge in [-0.05, 0) is 44.4 Å². The molecule has 1 aromatic rings. The zero-order chi connectivity index (χ0) is 14.5. The Morgan fingerprint density at radius 1 is 1.50 bits per heavy atom. The summed E-state index contributed by atoms with van der Waals surface area (Å²) in [6.45, 7) is 2.23. The lowest BCUT2D eigenvalue weighted by molar-refractivity contribution is -0.149. The van der Waals surface area contributed by atoms with Crippen molar-refractivity contribution in [2.24, 2.45) is 5.92 Å². The molecular weight excluding hydrogens is 281 g/mol. The standard InChI is InChI=1S/C15H19ClFNO2/c1-2-20-15(19)10-4-3-5-11(8-10)18-12-6-7-14(17)13(16)9-12/h6-7,9-11,18H,2-5,8H2,1H3. The second-order valence-electron chi connectivity index (χ2n) is 5.09. The predicted molar refractivity (Wildman–Crippen MR) is 77.4 cm³/mol. The number of carbonyl (C=O) groups excluding carboxylic acids is 1. The number of carbonyl (C=O) groups is 1. The van der Waals surface area contributed by atoms with Crippen molar-refractivity contribution in [3.63, 3.8) is 0 Å². The molecule has 1 aliphatic carbocycles. The minimum atomic E-state index is -0.426. The van der Waals surface area contributed by atoms with Crippen LogP contribution in [0.5, 0.6) is 0 Å². The van der Waals surface area contributed by atoms with E-state index in [1.54, 1.807) is 12.1 Å². The average Bonchev–Trinajstić information content (AvgIpc) is 2.43. The molecule has 5 heteroatoms. The van der Waals surface area contributed by atoms with Gasteiger partial charge in [-0.3, -0.25) is 4.79 Å². The number of rotatable bonds is 4. The van der Waals surface area contributed by atoms with Crippen LogP contribution < -0.4 is 5.32 Å². The van der Waals surface area contributed by atoms with Crippen molar-refractivity contribution in [2.75, 3.05) is 11.9 Å². The number of anilines is 1. The van der Waals surface area contributed by atoms with E-state index in [0.29, 0.717) is 6.61 Å². The van der Waals surface area contributed by atoms with Crippen LogP contribution in [0.1, 0.15) is 32.6 Å². The maximum atomic E-state index is 13.1. The first-order valence-electron chi connectivity index (χ1n) is 6.98. The first-order valence-corrected chi connectivity index (χ1v) is 7.36. The van der Waals surface area contributed by atoms with Crippen LogP contribution in [0.15, 0.2) is 18.2 Å². The Kier molecular flexibility index (Phi) is 5.24. The third kappa shape index (κ3) is 3.85. The quantitative estimate of drug-likeness (QED) is 0.854. The van der Waals surface area contributed by atoms with Gasteiger partial charge in [0.2, 0.25) is 0 Å². The van der Waals surface area contributed by atoms with E-state index in [1.165, 1.54) is 6.07 Å². The second kappa shape index (κ2) is 6.93. The summed E-state index contributed by atoms with van der Waals surface area (Å²) >= 11 is 5.76. The van der Waals surface area contributed by atoms with Gasteiger partial charge in [0.1, 0.15) is 5.82 Å². The molecule has 0 spiro atoms. The fraction of sp³-hybridized carbons (Fsp3) is 0.533. The van der Waals surface area contributed by atoms with Crippen molar-refractivity contribution in [1.82, 2.24) is 0 Å². The van der Waals surface area contributed by atoms with Crippen molar-refractivity contribution < 1.29 is 13.9 Å². The highest BCUT2D eigenvalue weighted by atomic mass is 35.5. The van der Waals surface area contributed by atoms with Crippen LogP contribution in [0.25, 0.3) is 0 Å². The van der Waals surface area contributed by atoms with E-state index in [1.807, 2.05) is 6.92 Å². The highest BCUT2D eigenvalue weighted by Crippen LogP contribution is 2.28. The van der Waals surface area contributed by atoms with Gasteiger partial charge in [0.25, 0.3) is 0 Å². The van der Waals surface area contributed by atoms with E-state index in [-0.39, 0.29) is 23.0 Å². The van der Waals surface area contributed by atoms with Crippen LogP contribution in [0.4, 0.5) is 10.1 Å². The number of ether oxygens (including phenoxy) is 1. The summed E-state index contributed by atoms with van der Waals surface area (Å²) in [5.41, 5.74) is 0.783. The van der Waals surface area contributed by atoms with Crippen LogP contribution in [0, 0.1) is 11.7 Å². The molecule has 0 aromatic heterocycles. The van der Waals surface area contributed by atoms with Crippen LogP contribution in [-0.4, -0.2) is 18.6 Å². The number of hydrogen-bond acceptors (Lipinski definition) is 3. The molecule has 20 heavy (non-hydrogen) atoms. The van der Waals surface area contributed by atoms with Crippen molar-refractivity contribution in [1.29, 1.82) is 0 Å². The Balaban J connectivity index is 1.95. The van der Waals surface area contributed by atoms with E-state index < -0.39 is 5.82 Å². The summed E-state index contributed by atoms with van der Waals surface area (Å²) in [5.74, 6) is -0.585. The summed E-state index contributed by atoms with van der Waals surface area (Å²) in [5, 5.41) is 3.42. The van der Waals surface area contributed by atoms with Crippen LogP contribution in [0.3, 0.4) is 0 Å². The predicted octanol–water partition coefficient (Wildman–Crippen LogP) is 4.01. The van der Waals surface area contributed by atoms with Crippen LogP contribution >= 0.6 is 11.6 Å². The largest absolute Gasteiger partial charge is 0.466 e. The molecule has 1 aromatic carbocycles. The Labute approximate surface area is 123 Å². The fourth-order valence-electron chi connectivity index (χ4n) is 2.62. The Morgan fingerprint density at radius 2 is 2.30 bits per heavy atom. The highest BCUT2D eigenvalue weighted by Gasteiger charge is 2.28. The molecular formula is C15H19ClFNO2. The third-order valence-electron chi connectivity index (χ3n) is 3.58. The van der Waals surface area contributed by atoms with Gasteiger partial charge in [-0.1, -0.05) is 18.0 Å². The number of hydrogen-bond donors (Lipinski definition) is 1. The summed E-state index contributed by atoms with van der Waals surface area (Å²) < 4.78 is 18.2. The number of halogens is 2. The van der Waals surface area contributed by atoms with E-state index >= 15 is 0 Å². The number of benzene rings is 1. The molecule has 1 fully saturated rings. The molecule has 0 radical (unpaired) electrons. The lowest BCUT2D eigenvalue weighted by Crippen LogP contribution is -2.32. The molecule has 110 valence electrons. The Morgan fingerprint density at radius 3 is 3.00 bits per heavy atom. The lowest BCUT2D eigenvalue weighted by Gasteiger charge is -2.29. The first-order chi connectivity index (χ1) is 9.60. The molecule has 0 saturated heterocycles. The lowest BCUT2D eigenvalue weighted by atomic mass is 9.85. The normalized spacial score (nSPS) is 22.4. The smallest absolute Gasteiger partial charge is 0.308 e. The van der Waals surface area contributed by atoms with Gasteiger partial charge in [-0.25, -0.2) is 4.39 Å². The number of nitrogens with one attached hydrogen (secondary N) is 1. The molecule has 0 aliphatic heterocycles. The molecule has 0 amide bonds. The van der Waals surface area contributed by atoms with E-state index in [4.69, 9.17) is 16.3 Å². The van der Waals surface area contributed by atoms with E-state index in [2.05, 4.69) is 5.32 Å². The van der Waals surface area contributed by atoms with Gasteiger partial charge < -0.3 is 10.1 Å². The van der Waals surface area contributed by atoms with Gasteiger partial charge in [0.15, 0.2) is 0 Å². The molecule has 2 atom stereocenters. The molecule has 3 nitrogen and oxygen atoms in total. The molecule has 2 rings (SSSR count). The van der Waals surface area contributed by atoms with Crippen LogP contribution in [0.2, 0.25) is 5.02 Å². The van der Waals surface area contributed by atoms with Gasteiger partial charge in [0.05, 0.1) is 17.5 Å². The average molecular weight is 300 g/mol. The van der Waals surface area contributed by atoms with Gasteiger partial charge in [-0.15, -0.1) is 0 Å². The molecule has 1 N–H and O–H groups in total. The third-order valence-corrected chi connectivity index (χ3v) is 3.87. The minimum absolute atomic E-state index is 0.0443. The topological polar surface area (TPSA) is 38.3 Å². The zero-order valence-electron chi connectivity index (χ0n) is 11.5. The maximum absolute atomic E-state index is 13.1. The zero-order valence-corrected chi connectivity index (χ0v) is 12.3. The summed E-state index contributed by atoms with van der Waals surface area (Å²) in [6, 6.07) is 4.77. The van der Waals surface area contributed by atoms with Crippen molar-refractivity contribution in [3.05, 3.63) is 29.0 Å². The number of esters is 1. The highest BCUT2D eigenvalue weighted by molar-refractivity contribution is 6.31. The molecule has 2 unspecified atom stereocenters. The van der Waals surface area contributed by atoms with Crippen molar-refractivity contribution in [3.8, 4) is 0 Å². The minimum Gasteiger partial charge on any atom is -0.466 e. The summed E-state index contributed by atoms with van der Waals surface area (Å²) in [7, 11) is 0. The maximum Gasteiger partial charge on any atom is 0.308 e. The van der Waals surface area contributed by atoms with Crippen molar-refractivity contribution in [2.45, 2.75) is 38.6 Å². The fourth-order valence-corrected chi connectivity index (χ4v) is 2.80. The molecule has 0 heterocycles. The second-order valence-corrected chi connectivity index (χ2v) is 5.49. The molecule has 1 aliphatic rings. The Hall–Kier alpha value is -1.29. The monoisotopic (exact) mass is 299 g/mol. The van der Waals surface area contributed by atoms with Gasteiger partial charge in [-0.2, -0.15) is 0 Å². The van der Waals surface area contributed by atoms with E-state index in [9.17, 15) is 9.18 Å². The molecule has 0 bridgehead atoms. The van der Waals surface area contributed by atoms with Gasteiger partial charge in [0, 0.05) is 11.7 Å². The van der Waals surface area contributed by atoms with E-state index in [0.717, 1.165) is 31.4 Å². The van der Waals surface area contributed by atoms with Gasteiger partial charge >= 0.3 is 5.97 Å². The molecule has 1 saturated carbocycles. The summed E-state index contributed by atoms with van der Waals surface area (Å²) in [4.78, 5) is 11.8. The summed E-state index contributed by atoms with van der Waals surface area (Å²) in [6.07, 6.45) is 3.59. The Bertz CT molecular complexity index is 481. The van der Waals surface area contributed by atoms with Crippen LogP contribution in [-0.2, 0) is 9.53 Å². The SMILES string of the molecule is CCOC(=O)C1CCCC(Nc2ccc(F)c(Cl)c2)C1. The van der Waals surface area contributed by atoms with Crippen molar-refractivity contribution >= 4 is 23.3 Å². The first kappa shape index (κ1) is 15.1.